The number of nitrogens with one attached hydrogen (secondary N) is 1. The third kappa shape index (κ3) is 3.77. The minimum Gasteiger partial charge on any atom is -0.303 e. The summed E-state index contributed by atoms with van der Waals surface area (Å²) >= 11 is 0. The van der Waals surface area contributed by atoms with E-state index < -0.39 is 0 Å². The number of hydrogen-bond donors (Lipinski definition) is 1. The summed E-state index contributed by atoms with van der Waals surface area (Å²) in [4.78, 5) is 5.17. The fourth-order valence-electron chi connectivity index (χ4n) is 4.15. The average molecular weight is 290 g/mol. The summed E-state index contributed by atoms with van der Waals surface area (Å²) in [5.74, 6) is 0.849. The van der Waals surface area contributed by atoms with Crippen molar-refractivity contribution < 1.29 is 0 Å². The molecule has 3 unspecified atom stereocenters. The zero-order valence-corrected chi connectivity index (χ0v) is 13.6. The van der Waals surface area contributed by atoms with Crippen molar-refractivity contribution in [3.05, 3.63) is 0 Å². The van der Waals surface area contributed by atoms with Gasteiger partial charge in [0.25, 0.3) is 0 Å². The highest BCUT2D eigenvalue weighted by molar-refractivity contribution is 5.07. The molecule has 0 aromatic rings. The van der Waals surface area contributed by atoms with E-state index in [0.29, 0.717) is 6.04 Å². The van der Waals surface area contributed by atoms with Crippen molar-refractivity contribution in [2.45, 2.75) is 63.1 Å². The Hall–Kier alpha value is -0.630. The quantitative estimate of drug-likeness (QED) is 0.839. The van der Waals surface area contributed by atoms with Crippen molar-refractivity contribution in [2.75, 3.05) is 33.2 Å². The maximum Gasteiger partial charge on any atom is 0.105 e. The Labute approximate surface area is 129 Å². The molecule has 0 bridgehead atoms. The minimum absolute atomic E-state index is 0.332. The molecule has 3 atom stereocenters. The molecule has 2 saturated heterocycles. The Morgan fingerprint density at radius 2 is 2.05 bits per heavy atom. The molecule has 118 valence electrons. The number of piperidine rings is 2. The van der Waals surface area contributed by atoms with Crippen LogP contribution in [0, 0.1) is 17.2 Å². The van der Waals surface area contributed by atoms with E-state index in [1.807, 2.05) is 0 Å². The Morgan fingerprint density at radius 3 is 2.76 bits per heavy atom. The predicted molar refractivity (Wildman–Crippen MR) is 85.0 cm³/mol. The van der Waals surface area contributed by atoms with E-state index in [9.17, 15) is 5.26 Å². The molecule has 4 nitrogen and oxygen atoms in total. The van der Waals surface area contributed by atoms with Crippen LogP contribution >= 0.6 is 0 Å². The van der Waals surface area contributed by atoms with Crippen molar-refractivity contribution >= 4 is 0 Å². The second-order valence-corrected chi connectivity index (χ2v) is 7.65. The lowest BCUT2D eigenvalue weighted by Crippen LogP contribution is -2.53. The average Bonchev–Trinajstić information content (AvgIpc) is 3.29. The topological polar surface area (TPSA) is 42.3 Å². The van der Waals surface area contributed by atoms with E-state index in [2.05, 4.69) is 35.2 Å². The summed E-state index contributed by atoms with van der Waals surface area (Å²) in [6, 6.07) is 3.92. The highest BCUT2D eigenvalue weighted by atomic mass is 15.2. The van der Waals surface area contributed by atoms with Crippen molar-refractivity contribution in [1.82, 2.24) is 15.1 Å². The summed E-state index contributed by atoms with van der Waals surface area (Å²) in [6.45, 7) is 6.86. The molecule has 1 N–H and O–H groups in total. The van der Waals surface area contributed by atoms with Crippen LogP contribution in [0.25, 0.3) is 0 Å². The molecule has 4 heteroatoms. The number of likely N-dealkylation sites (tertiary alicyclic amines) is 2. The lowest BCUT2D eigenvalue weighted by atomic mass is 9.84. The number of nitriles is 1. The molecule has 3 fully saturated rings. The molecular formula is C17H30N4. The Balaban J connectivity index is 1.48. The summed E-state index contributed by atoms with van der Waals surface area (Å²) in [5.41, 5.74) is -0.332. The van der Waals surface area contributed by atoms with Gasteiger partial charge in [-0.15, -0.1) is 0 Å². The van der Waals surface area contributed by atoms with Gasteiger partial charge < -0.3 is 9.80 Å². The van der Waals surface area contributed by atoms with E-state index in [0.717, 1.165) is 24.9 Å². The van der Waals surface area contributed by atoms with Gasteiger partial charge in [0.1, 0.15) is 5.54 Å². The Morgan fingerprint density at radius 1 is 1.24 bits per heavy atom. The molecular weight excluding hydrogens is 260 g/mol. The first-order valence-electron chi connectivity index (χ1n) is 8.71. The molecule has 0 aromatic heterocycles. The maximum atomic E-state index is 9.48. The van der Waals surface area contributed by atoms with Crippen molar-refractivity contribution in [2.24, 2.45) is 5.92 Å². The molecule has 2 aliphatic heterocycles. The third-order valence-corrected chi connectivity index (χ3v) is 5.70. The standard InChI is InChI=1S/C17H30N4/c1-17(13-18,19-15-5-6-15)8-11-21-10-7-16-14(12-21)4-3-9-20(16)2/h14-16,19H,3-12H2,1-2H3. The van der Waals surface area contributed by atoms with Crippen molar-refractivity contribution in [3.63, 3.8) is 0 Å². The molecule has 3 aliphatic rings. The van der Waals surface area contributed by atoms with Gasteiger partial charge in [-0.1, -0.05) is 0 Å². The summed E-state index contributed by atoms with van der Waals surface area (Å²) in [6.07, 6.45) is 7.49. The van der Waals surface area contributed by atoms with Crippen LogP contribution in [0.2, 0.25) is 0 Å². The molecule has 0 spiro atoms. The van der Waals surface area contributed by atoms with Crippen molar-refractivity contribution in [3.8, 4) is 6.07 Å². The van der Waals surface area contributed by atoms with Gasteiger partial charge in [0.15, 0.2) is 0 Å². The van der Waals surface area contributed by atoms with Gasteiger partial charge in [-0.3, -0.25) is 5.32 Å². The summed E-state index contributed by atoms with van der Waals surface area (Å²) < 4.78 is 0. The number of nitrogens with zero attached hydrogens (tertiary/aromatic N) is 3. The smallest absolute Gasteiger partial charge is 0.105 e. The minimum atomic E-state index is -0.332. The molecule has 0 aromatic carbocycles. The number of hydrogen-bond acceptors (Lipinski definition) is 4. The van der Waals surface area contributed by atoms with Crippen LogP contribution in [0.3, 0.4) is 0 Å². The fraction of sp³-hybridized carbons (Fsp3) is 0.941. The monoisotopic (exact) mass is 290 g/mol. The van der Waals surface area contributed by atoms with Gasteiger partial charge in [0.05, 0.1) is 6.07 Å². The number of fused-ring (bicyclic) bond motifs is 1. The van der Waals surface area contributed by atoms with Gasteiger partial charge in [-0.2, -0.15) is 5.26 Å². The third-order valence-electron chi connectivity index (χ3n) is 5.70. The zero-order valence-electron chi connectivity index (χ0n) is 13.6. The largest absolute Gasteiger partial charge is 0.303 e. The van der Waals surface area contributed by atoms with E-state index in [-0.39, 0.29) is 5.54 Å². The summed E-state index contributed by atoms with van der Waals surface area (Å²) in [7, 11) is 2.29. The van der Waals surface area contributed by atoms with Crippen molar-refractivity contribution in [1.29, 1.82) is 5.26 Å². The van der Waals surface area contributed by atoms with Gasteiger partial charge in [-0.25, -0.2) is 0 Å². The van der Waals surface area contributed by atoms with Crippen LogP contribution < -0.4 is 5.32 Å². The first-order valence-corrected chi connectivity index (χ1v) is 8.71. The SMILES string of the molecule is CN1CCCC2CN(CCC(C)(C#N)NC3CC3)CCC21. The lowest BCUT2D eigenvalue weighted by Gasteiger charge is -2.46. The first kappa shape index (κ1) is 15.3. The predicted octanol–water partition coefficient (Wildman–Crippen LogP) is 1.83. The van der Waals surface area contributed by atoms with E-state index in [1.165, 1.54) is 51.7 Å². The van der Waals surface area contributed by atoms with Crippen LogP contribution in [0.5, 0.6) is 0 Å². The maximum absolute atomic E-state index is 9.48. The fourth-order valence-corrected chi connectivity index (χ4v) is 4.15. The lowest BCUT2D eigenvalue weighted by molar-refractivity contribution is 0.0363. The van der Waals surface area contributed by atoms with E-state index in [4.69, 9.17) is 0 Å². The molecule has 3 rings (SSSR count). The zero-order chi connectivity index (χ0) is 14.9. The Bertz CT molecular complexity index is 400. The van der Waals surface area contributed by atoms with E-state index in [1.54, 1.807) is 0 Å². The second-order valence-electron chi connectivity index (χ2n) is 7.65. The molecule has 2 heterocycles. The van der Waals surface area contributed by atoms with Gasteiger partial charge in [-0.05, 0) is 71.5 Å². The normalized spacial score (nSPS) is 34.0. The van der Waals surface area contributed by atoms with E-state index >= 15 is 0 Å². The van der Waals surface area contributed by atoms with Crippen LogP contribution in [0.4, 0.5) is 0 Å². The highest BCUT2D eigenvalue weighted by Gasteiger charge is 2.36. The Kier molecular flexibility index (Phi) is 4.54. The van der Waals surface area contributed by atoms with Crippen LogP contribution in [-0.4, -0.2) is 60.6 Å². The number of rotatable bonds is 5. The second kappa shape index (κ2) is 6.24. The van der Waals surface area contributed by atoms with Gasteiger partial charge >= 0.3 is 0 Å². The van der Waals surface area contributed by atoms with Gasteiger partial charge in [0, 0.05) is 25.2 Å². The molecule has 1 aliphatic carbocycles. The molecule has 0 radical (unpaired) electrons. The van der Waals surface area contributed by atoms with Crippen LogP contribution in [0.1, 0.15) is 45.4 Å². The van der Waals surface area contributed by atoms with Crippen LogP contribution in [-0.2, 0) is 0 Å². The highest BCUT2D eigenvalue weighted by Crippen LogP contribution is 2.30. The summed E-state index contributed by atoms with van der Waals surface area (Å²) in [5, 5.41) is 13.0. The molecule has 21 heavy (non-hydrogen) atoms. The molecule has 1 saturated carbocycles. The van der Waals surface area contributed by atoms with Gasteiger partial charge in [0.2, 0.25) is 0 Å². The molecule has 0 amide bonds. The first-order chi connectivity index (χ1) is 10.1. The van der Waals surface area contributed by atoms with Crippen LogP contribution in [0.15, 0.2) is 0 Å².